The second kappa shape index (κ2) is 9.72. The molecule has 11 heteroatoms. The number of ether oxygens (including phenoxy) is 1. The van der Waals surface area contributed by atoms with Crippen LogP contribution < -0.4 is 4.74 Å². The van der Waals surface area contributed by atoms with E-state index in [2.05, 4.69) is 0 Å². The molecule has 0 spiro atoms. The van der Waals surface area contributed by atoms with Gasteiger partial charge in [0.25, 0.3) is 20.0 Å². The minimum atomic E-state index is -4.41. The van der Waals surface area contributed by atoms with E-state index in [1.54, 1.807) is 36.4 Å². The molecule has 0 atom stereocenters. The third kappa shape index (κ3) is 4.30. The fourth-order valence-corrected chi connectivity index (χ4v) is 7.86. The number of methoxy groups -OCH3 is 1. The molecule has 0 saturated carbocycles. The zero-order chi connectivity index (χ0) is 28.9. The summed E-state index contributed by atoms with van der Waals surface area (Å²) >= 11 is 0. The highest BCUT2D eigenvalue weighted by molar-refractivity contribution is 7.90. The number of nitrogens with zero attached hydrogens (tertiary/aromatic N) is 2. The first-order valence-electron chi connectivity index (χ1n) is 12.3. The van der Waals surface area contributed by atoms with E-state index in [9.17, 15) is 26.0 Å². The molecule has 0 N–H and O–H groups in total. The maximum absolute atomic E-state index is 14.4. The summed E-state index contributed by atoms with van der Waals surface area (Å²) in [5.74, 6) is -1.16. The van der Waals surface area contributed by atoms with Crippen molar-refractivity contribution in [1.82, 2.24) is 7.94 Å². The predicted octanol–water partition coefficient (Wildman–Crippen LogP) is 5.45. The topological polar surface area (TPSA) is 104 Å². The standard InChI is InChI=1S/C30H21FN2O6S2/c1-39-23-14-15-26-21(16-23)18-29(32(26)40(35,36)24-8-4-2-5-9-24)30(34)28-17-20-12-13-22(31)19-27(20)33(28)41(37,38)25-10-6-3-7-11-25/h2-19H,1H3. The molecule has 0 saturated heterocycles. The van der Waals surface area contributed by atoms with Gasteiger partial charge in [-0.2, -0.15) is 0 Å². The molecule has 0 fully saturated rings. The molecular weight excluding hydrogens is 567 g/mol. The molecule has 41 heavy (non-hydrogen) atoms. The number of carbonyl (C=O) groups is 1. The van der Waals surface area contributed by atoms with Crippen molar-refractivity contribution >= 4 is 47.6 Å². The number of benzene rings is 4. The van der Waals surface area contributed by atoms with Crippen LogP contribution in [0.3, 0.4) is 0 Å². The Kier molecular flexibility index (Phi) is 6.28. The molecule has 2 aromatic heterocycles. The van der Waals surface area contributed by atoms with Gasteiger partial charge in [-0.3, -0.25) is 4.79 Å². The highest BCUT2D eigenvalue weighted by atomic mass is 32.2. The van der Waals surface area contributed by atoms with Gasteiger partial charge in [-0.05, 0) is 72.8 Å². The van der Waals surface area contributed by atoms with E-state index in [-0.39, 0.29) is 37.6 Å². The van der Waals surface area contributed by atoms with Gasteiger partial charge >= 0.3 is 0 Å². The lowest BCUT2D eigenvalue weighted by molar-refractivity contribution is 0.102. The number of fused-ring (bicyclic) bond motifs is 2. The van der Waals surface area contributed by atoms with Crippen molar-refractivity contribution in [3.8, 4) is 5.75 Å². The van der Waals surface area contributed by atoms with Crippen LogP contribution in [0.25, 0.3) is 21.8 Å². The fraction of sp³-hybridized carbons (Fsp3) is 0.0333. The Morgan fingerprint density at radius 2 is 1.17 bits per heavy atom. The lowest BCUT2D eigenvalue weighted by atomic mass is 10.2. The van der Waals surface area contributed by atoms with Crippen LogP contribution in [-0.2, 0) is 20.0 Å². The van der Waals surface area contributed by atoms with Gasteiger partial charge in [-0.15, -0.1) is 0 Å². The third-order valence-corrected chi connectivity index (χ3v) is 10.2. The summed E-state index contributed by atoms with van der Waals surface area (Å²) in [6.07, 6.45) is 0. The number of rotatable bonds is 7. The van der Waals surface area contributed by atoms with Crippen LogP contribution in [0.2, 0.25) is 0 Å². The summed E-state index contributed by atoms with van der Waals surface area (Å²) in [5, 5.41) is 0.663. The van der Waals surface area contributed by atoms with Crippen molar-refractivity contribution in [1.29, 1.82) is 0 Å². The van der Waals surface area contributed by atoms with Gasteiger partial charge < -0.3 is 4.74 Å². The molecular formula is C30H21FN2O6S2. The monoisotopic (exact) mass is 588 g/mol. The quantitative estimate of drug-likeness (QED) is 0.230. The van der Waals surface area contributed by atoms with E-state index in [1.165, 1.54) is 67.8 Å². The zero-order valence-electron chi connectivity index (χ0n) is 21.4. The largest absolute Gasteiger partial charge is 0.497 e. The van der Waals surface area contributed by atoms with Crippen LogP contribution in [0.1, 0.15) is 16.2 Å². The maximum Gasteiger partial charge on any atom is 0.268 e. The van der Waals surface area contributed by atoms with Crippen molar-refractivity contribution < 1.29 is 30.8 Å². The van der Waals surface area contributed by atoms with Crippen LogP contribution in [0.15, 0.2) is 119 Å². The molecule has 6 aromatic rings. The van der Waals surface area contributed by atoms with Crippen LogP contribution in [0.4, 0.5) is 4.39 Å². The lowest BCUT2D eigenvalue weighted by Gasteiger charge is -2.14. The maximum atomic E-state index is 14.4. The SMILES string of the molecule is COc1ccc2c(c1)cc(C(=O)c1cc3ccc(F)cc3n1S(=O)(=O)c1ccccc1)n2S(=O)(=O)c1ccccc1. The summed E-state index contributed by atoms with van der Waals surface area (Å²) in [7, 11) is -7.28. The van der Waals surface area contributed by atoms with Crippen molar-refractivity contribution in [3.63, 3.8) is 0 Å². The third-order valence-electron chi connectivity index (χ3n) is 6.71. The number of hydrogen-bond acceptors (Lipinski definition) is 6. The molecule has 4 aromatic carbocycles. The average molecular weight is 589 g/mol. The molecule has 0 aliphatic carbocycles. The first kappa shape index (κ1) is 26.5. The van der Waals surface area contributed by atoms with Crippen molar-refractivity contribution in [2.45, 2.75) is 9.79 Å². The Morgan fingerprint density at radius 3 is 1.73 bits per heavy atom. The summed E-state index contributed by atoms with van der Waals surface area (Å²) in [5.41, 5.74) is -0.524. The molecule has 0 bridgehead atoms. The molecule has 0 aliphatic rings. The predicted molar refractivity (Wildman–Crippen MR) is 152 cm³/mol. The summed E-state index contributed by atoms with van der Waals surface area (Å²) < 4.78 is 77.0. The van der Waals surface area contributed by atoms with E-state index in [0.717, 1.165) is 20.1 Å². The van der Waals surface area contributed by atoms with E-state index < -0.39 is 31.6 Å². The van der Waals surface area contributed by atoms with E-state index in [1.807, 2.05) is 0 Å². The minimum absolute atomic E-state index is 0.0625. The zero-order valence-corrected chi connectivity index (χ0v) is 23.1. The van der Waals surface area contributed by atoms with Gasteiger partial charge in [0.15, 0.2) is 0 Å². The Morgan fingerprint density at radius 1 is 0.634 bits per heavy atom. The number of aromatic nitrogens is 2. The number of ketones is 1. The van der Waals surface area contributed by atoms with Crippen LogP contribution >= 0.6 is 0 Å². The van der Waals surface area contributed by atoms with E-state index >= 15 is 0 Å². The molecule has 0 unspecified atom stereocenters. The van der Waals surface area contributed by atoms with Gasteiger partial charge in [-0.1, -0.05) is 36.4 Å². The summed E-state index contributed by atoms with van der Waals surface area (Å²) in [6.45, 7) is 0. The van der Waals surface area contributed by atoms with Crippen molar-refractivity contribution in [2.75, 3.05) is 7.11 Å². The number of halogens is 1. The minimum Gasteiger partial charge on any atom is -0.497 e. The van der Waals surface area contributed by atoms with Gasteiger partial charge in [0, 0.05) is 10.8 Å². The van der Waals surface area contributed by atoms with Gasteiger partial charge in [0.2, 0.25) is 5.78 Å². The molecule has 6 rings (SSSR count). The summed E-state index contributed by atoms with van der Waals surface area (Å²) in [6, 6.07) is 25.9. The van der Waals surface area contributed by atoms with E-state index in [0.29, 0.717) is 11.1 Å². The molecule has 0 radical (unpaired) electrons. The Bertz CT molecular complexity index is 2190. The average Bonchev–Trinajstić information content (AvgIpc) is 3.56. The van der Waals surface area contributed by atoms with Crippen LogP contribution in [0.5, 0.6) is 5.75 Å². The van der Waals surface area contributed by atoms with Crippen LogP contribution in [-0.4, -0.2) is 37.7 Å². The first-order valence-corrected chi connectivity index (χ1v) is 15.2. The Balaban J connectivity index is 1.67. The fourth-order valence-electron chi connectivity index (χ4n) is 4.81. The molecule has 2 heterocycles. The molecule has 0 aliphatic heterocycles. The number of carbonyl (C=O) groups excluding carboxylic acids is 1. The van der Waals surface area contributed by atoms with Gasteiger partial charge in [-0.25, -0.2) is 29.2 Å². The second-order valence-electron chi connectivity index (χ2n) is 9.18. The molecule has 0 amide bonds. The summed E-state index contributed by atoms with van der Waals surface area (Å²) in [4.78, 5) is 14.1. The lowest BCUT2D eigenvalue weighted by Crippen LogP contribution is -2.23. The van der Waals surface area contributed by atoms with Crippen LogP contribution in [0, 0.1) is 5.82 Å². The molecule has 8 nitrogen and oxygen atoms in total. The Hall–Kier alpha value is -4.74. The van der Waals surface area contributed by atoms with E-state index in [4.69, 9.17) is 4.74 Å². The highest BCUT2D eigenvalue weighted by Crippen LogP contribution is 2.33. The van der Waals surface area contributed by atoms with Gasteiger partial charge in [0.05, 0.1) is 27.9 Å². The first-order chi connectivity index (χ1) is 19.6. The number of hydrogen-bond donors (Lipinski definition) is 0. The molecule has 206 valence electrons. The second-order valence-corrected chi connectivity index (χ2v) is 12.8. The van der Waals surface area contributed by atoms with Gasteiger partial charge in [0.1, 0.15) is 23.0 Å². The Labute approximate surface area is 234 Å². The smallest absolute Gasteiger partial charge is 0.268 e. The van der Waals surface area contributed by atoms with Crippen molar-refractivity contribution in [3.05, 3.63) is 126 Å². The van der Waals surface area contributed by atoms with Crippen molar-refractivity contribution in [2.24, 2.45) is 0 Å². The highest BCUT2D eigenvalue weighted by Gasteiger charge is 2.32. The normalized spacial score (nSPS) is 12.1.